The van der Waals surface area contributed by atoms with E-state index in [1.807, 2.05) is 10.8 Å². The molecule has 0 radical (unpaired) electrons. The molecule has 9 heteroatoms. The second-order valence-electron chi connectivity index (χ2n) is 5.80. The second-order valence-corrected chi connectivity index (χ2v) is 7.78. The van der Waals surface area contributed by atoms with Gasteiger partial charge in [0.05, 0.1) is 18.2 Å². The van der Waals surface area contributed by atoms with Gasteiger partial charge in [-0.1, -0.05) is 0 Å². The Morgan fingerprint density at radius 2 is 2.30 bits per heavy atom. The van der Waals surface area contributed by atoms with Gasteiger partial charge in [-0.25, -0.2) is 13.4 Å². The number of aromatic amines is 1. The van der Waals surface area contributed by atoms with Crippen molar-refractivity contribution < 1.29 is 13.2 Å². The number of H-pyrrole nitrogens is 1. The Hall–Kier alpha value is -2.16. The number of aromatic nitrogens is 4. The van der Waals surface area contributed by atoms with E-state index in [1.54, 1.807) is 17.4 Å². The summed E-state index contributed by atoms with van der Waals surface area (Å²) in [6, 6.07) is 0. The van der Waals surface area contributed by atoms with E-state index in [-0.39, 0.29) is 16.7 Å². The minimum Gasteiger partial charge on any atom is -0.342 e. The molecule has 0 spiro atoms. The minimum atomic E-state index is -3.31. The summed E-state index contributed by atoms with van der Waals surface area (Å²) in [4.78, 5) is 18.2. The summed E-state index contributed by atoms with van der Waals surface area (Å²) in [5, 5.41) is 6.64. The zero-order valence-corrected chi connectivity index (χ0v) is 13.7. The molecule has 1 N–H and O–H groups in total. The molecule has 0 bridgehead atoms. The highest BCUT2D eigenvalue weighted by atomic mass is 32.2. The van der Waals surface area contributed by atoms with Crippen LogP contribution < -0.4 is 0 Å². The first-order chi connectivity index (χ1) is 10.9. The molecule has 1 unspecified atom stereocenters. The maximum absolute atomic E-state index is 12.3. The van der Waals surface area contributed by atoms with Crippen molar-refractivity contribution in [2.45, 2.75) is 30.2 Å². The number of rotatable bonds is 5. The molecule has 1 aliphatic heterocycles. The number of imidazole rings is 1. The Labute approximate surface area is 134 Å². The van der Waals surface area contributed by atoms with Gasteiger partial charge in [0.1, 0.15) is 4.90 Å². The average molecular weight is 337 g/mol. The number of carbonyl (C=O) groups excluding carboxylic acids is 1. The van der Waals surface area contributed by atoms with E-state index >= 15 is 0 Å². The van der Waals surface area contributed by atoms with Crippen LogP contribution in [0, 0.1) is 0 Å². The summed E-state index contributed by atoms with van der Waals surface area (Å²) in [5.74, 6) is 0.0565. The van der Waals surface area contributed by atoms with Gasteiger partial charge in [-0.15, -0.1) is 0 Å². The third-order valence-corrected chi connectivity index (χ3v) is 5.25. The van der Waals surface area contributed by atoms with E-state index in [1.165, 1.54) is 12.5 Å². The third kappa shape index (κ3) is 3.44. The first-order valence-corrected chi connectivity index (χ1v) is 9.31. The maximum Gasteiger partial charge on any atom is 0.224 e. The highest BCUT2D eigenvalue weighted by molar-refractivity contribution is 7.90. The molecule has 1 fully saturated rings. The summed E-state index contributed by atoms with van der Waals surface area (Å²) in [6.07, 6.45) is 8.85. The zero-order valence-electron chi connectivity index (χ0n) is 12.8. The lowest BCUT2D eigenvalue weighted by Gasteiger charge is -2.16. The monoisotopic (exact) mass is 337 g/mol. The normalized spacial score (nSPS) is 18.5. The van der Waals surface area contributed by atoms with Gasteiger partial charge < -0.3 is 9.47 Å². The van der Waals surface area contributed by atoms with Crippen molar-refractivity contribution in [2.75, 3.05) is 19.3 Å². The fraction of sp³-hybridized carbons (Fsp3) is 0.500. The van der Waals surface area contributed by atoms with Crippen LogP contribution in [0.3, 0.4) is 0 Å². The van der Waals surface area contributed by atoms with E-state index in [2.05, 4.69) is 15.2 Å². The number of likely N-dealkylation sites (tertiary alicyclic amines) is 1. The molecule has 1 aliphatic rings. The average Bonchev–Trinajstić information content (AvgIpc) is 3.22. The second kappa shape index (κ2) is 6.15. The van der Waals surface area contributed by atoms with Crippen LogP contribution in [0.2, 0.25) is 0 Å². The van der Waals surface area contributed by atoms with Crippen LogP contribution in [-0.2, 0) is 21.2 Å². The van der Waals surface area contributed by atoms with Gasteiger partial charge in [0.2, 0.25) is 5.91 Å². The molecule has 3 rings (SSSR count). The predicted octanol–water partition coefficient (Wildman–Crippen LogP) is 0.416. The van der Waals surface area contributed by atoms with E-state index in [4.69, 9.17) is 0 Å². The topological polar surface area (TPSA) is 101 Å². The fourth-order valence-corrected chi connectivity index (χ4v) is 3.75. The van der Waals surface area contributed by atoms with Gasteiger partial charge >= 0.3 is 0 Å². The van der Waals surface area contributed by atoms with Crippen LogP contribution in [-0.4, -0.2) is 58.3 Å². The number of sulfone groups is 1. The Bertz CT molecular complexity index is 781. The molecule has 0 aromatic carbocycles. The van der Waals surface area contributed by atoms with Crippen LogP contribution in [0.25, 0.3) is 0 Å². The Kier molecular flexibility index (Phi) is 4.20. The van der Waals surface area contributed by atoms with E-state index in [9.17, 15) is 13.2 Å². The highest BCUT2D eigenvalue weighted by Gasteiger charge is 2.31. The summed E-state index contributed by atoms with van der Waals surface area (Å²) in [5.41, 5.74) is 0.609. The van der Waals surface area contributed by atoms with Gasteiger partial charge in [0, 0.05) is 50.6 Å². The van der Waals surface area contributed by atoms with E-state index in [0.717, 1.165) is 6.42 Å². The molecule has 2 aromatic heterocycles. The molecule has 1 atom stereocenters. The van der Waals surface area contributed by atoms with E-state index < -0.39 is 9.84 Å². The number of carbonyl (C=O) groups is 1. The number of hydrogen-bond donors (Lipinski definition) is 1. The standard InChI is InChI=1S/C14H19N5O3S/c1-23(21,22)12-8-16-17-14(12)11-2-6-19(9-11)13(20)3-5-18-7-4-15-10-18/h4,7-8,10-11H,2-3,5-6,9H2,1H3,(H,16,17). The lowest BCUT2D eigenvalue weighted by molar-refractivity contribution is -0.130. The molecular formula is C14H19N5O3S. The van der Waals surface area contributed by atoms with Crippen molar-refractivity contribution >= 4 is 15.7 Å². The number of nitrogens with zero attached hydrogens (tertiary/aromatic N) is 4. The van der Waals surface area contributed by atoms with E-state index in [0.29, 0.717) is 31.7 Å². The van der Waals surface area contributed by atoms with Crippen molar-refractivity contribution in [3.8, 4) is 0 Å². The Morgan fingerprint density at radius 1 is 1.48 bits per heavy atom. The molecule has 1 saturated heterocycles. The Morgan fingerprint density at radius 3 is 3.00 bits per heavy atom. The lowest BCUT2D eigenvalue weighted by Crippen LogP contribution is -2.29. The van der Waals surface area contributed by atoms with Crippen LogP contribution in [0.4, 0.5) is 0 Å². The van der Waals surface area contributed by atoms with Gasteiger partial charge in [0.15, 0.2) is 9.84 Å². The van der Waals surface area contributed by atoms with Crippen molar-refractivity contribution in [1.82, 2.24) is 24.6 Å². The van der Waals surface area contributed by atoms with Crippen LogP contribution in [0.1, 0.15) is 24.5 Å². The summed E-state index contributed by atoms with van der Waals surface area (Å²) in [6.45, 7) is 1.75. The van der Waals surface area contributed by atoms with Gasteiger partial charge in [-0.2, -0.15) is 5.10 Å². The predicted molar refractivity (Wildman–Crippen MR) is 82.5 cm³/mol. The summed E-state index contributed by atoms with van der Waals surface area (Å²) >= 11 is 0. The smallest absolute Gasteiger partial charge is 0.224 e. The summed E-state index contributed by atoms with van der Waals surface area (Å²) in [7, 11) is -3.31. The molecular weight excluding hydrogens is 318 g/mol. The lowest BCUT2D eigenvalue weighted by atomic mass is 10.1. The van der Waals surface area contributed by atoms with Gasteiger partial charge in [-0.05, 0) is 6.42 Å². The largest absolute Gasteiger partial charge is 0.342 e. The molecule has 3 heterocycles. The third-order valence-electron chi connectivity index (χ3n) is 4.12. The van der Waals surface area contributed by atoms with Crippen LogP contribution >= 0.6 is 0 Å². The molecule has 8 nitrogen and oxygen atoms in total. The van der Waals surface area contributed by atoms with Crippen LogP contribution in [0.15, 0.2) is 29.8 Å². The number of hydrogen-bond acceptors (Lipinski definition) is 5. The first kappa shape index (κ1) is 15.7. The Balaban J connectivity index is 1.62. The van der Waals surface area contributed by atoms with Crippen molar-refractivity contribution in [2.24, 2.45) is 0 Å². The highest BCUT2D eigenvalue weighted by Crippen LogP contribution is 2.30. The molecule has 0 saturated carbocycles. The SMILES string of the molecule is CS(=O)(=O)c1cn[nH]c1C1CCN(C(=O)CCn2ccnc2)C1. The van der Waals surface area contributed by atoms with Gasteiger partial charge in [-0.3, -0.25) is 9.89 Å². The fourth-order valence-electron chi connectivity index (χ4n) is 2.90. The van der Waals surface area contributed by atoms with Gasteiger partial charge in [0.25, 0.3) is 0 Å². The first-order valence-electron chi connectivity index (χ1n) is 7.42. The molecule has 1 amide bonds. The molecule has 2 aromatic rings. The van der Waals surface area contributed by atoms with Crippen molar-refractivity contribution in [3.63, 3.8) is 0 Å². The molecule has 124 valence electrons. The molecule has 23 heavy (non-hydrogen) atoms. The van der Waals surface area contributed by atoms with Crippen LogP contribution in [0.5, 0.6) is 0 Å². The number of amides is 1. The molecule has 0 aliphatic carbocycles. The zero-order chi connectivity index (χ0) is 16.4. The maximum atomic E-state index is 12.3. The number of nitrogens with one attached hydrogen (secondary N) is 1. The minimum absolute atomic E-state index is 0.0144. The summed E-state index contributed by atoms with van der Waals surface area (Å²) < 4.78 is 25.4. The van der Waals surface area contributed by atoms with Crippen molar-refractivity contribution in [1.29, 1.82) is 0 Å². The van der Waals surface area contributed by atoms with Crippen molar-refractivity contribution in [3.05, 3.63) is 30.6 Å². The number of aryl methyl sites for hydroxylation is 1. The quantitative estimate of drug-likeness (QED) is 0.852.